The van der Waals surface area contributed by atoms with E-state index in [0.29, 0.717) is 18.7 Å². The highest BCUT2D eigenvalue weighted by Gasteiger charge is 2.29. The number of H-pyrrole nitrogens is 1. The Bertz CT molecular complexity index is 486. The minimum atomic E-state index is -0.563. The Labute approximate surface area is 123 Å². The smallest absolute Gasteiger partial charge is 0.322 e. The predicted octanol–water partition coefficient (Wildman–Crippen LogP) is 1.52. The minimum absolute atomic E-state index is 0.168. The molecule has 21 heavy (non-hydrogen) atoms. The Kier molecular flexibility index (Phi) is 6.80. The fraction of sp³-hybridized carbons (Fsp3) is 0.692. The van der Waals surface area contributed by atoms with Crippen molar-refractivity contribution in [1.29, 1.82) is 0 Å². The van der Waals surface area contributed by atoms with E-state index in [1.54, 1.807) is 0 Å². The summed E-state index contributed by atoms with van der Waals surface area (Å²) >= 11 is 0. The summed E-state index contributed by atoms with van der Waals surface area (Å²) in [6.07, 6.45) is 3.89. The van der Waals surface area contributed by atoms with Crippen LogP contribution in [0.1, 0.15) is 55.7 Å². The number of aromatic nitrogens is 2. The number of unbranched alkanes of at least 4 members (excludes halogenated alkanes) is 1. The van der Waals surface area contributed by atoms with Gasteiger partial charge in [0.25, 0.3) is 5.91 Å². The second kappa shape index (κ2) is 8.35. The van der Waals surface area contributed by atoms with Crippen molar-refractivity contribution in [1.82, 2.24) is 15.5 Å². The SMILES string of the molecule is CCCCC(CN)NC(=O)c1n[nH]c(CCC)c1[N+](=O)[O-]. The van der Waals surface area contributed by atoms with E-state index >= 15 is 0 Å². The molecule has 0 radical (unpaired) electrons. The molecule has 0 bridgehead atoms. The second-order valence-corrected chi connectivity index (χ2v) is 4.95. The number of nitrogens with two attached hydrogens (primary N) is 1. The molecule has 0 aliphatic heterocycles. The molecule has 0 saturated carbocycles. The fourth-order valence-corrected chi connectivity index (χ4v) is 2.10. The van der Waals surface area contributed by atoms with Crippen LogP contribution in [0, 0.1) is 10.1 Å². The molecule has 118 valence electrons. The number of nitro groups is 1. The number of carbonyl (C=O) groups is 1. The molecule has 1 atom stereocenters. The average molecular weight is 297 g/mol. The van der Waals surface area contributed by atoms with Gasteiger partial charge in [0.2, 0.25) is 5.69 Å². The van der Waals surface area contributed by atoms with Gasteiger partial charge in [0.15, 0.2) is 0 Å². The third-order valence-electron chi connectivity index (χ3n) is 3.24. The summed E-state index contributed by atoms with van der Waals surface area (Å²) in [5.41, 5.74) is 5.59. The first-order valence-corrected chi connectivity index (χ1v) is 7.27. The molecule has 0 aliphatic rings. The monoisotopic (exact) mass is 297 g/mol. The lowest BCUT2D eigenvalue weighted by Crippen LogP contribution is -2.40. The van der Waals surface area contributed by atoms with E-state index in [0.717, 1.165) is 25.7 Å². The number of hydrogen-bond acceptors (Lipinski definition) is 5. The topological polar surface area (TPSA) is 127 Å². The van der Waals surface area contributed by atoms with Gasteiger partial charge in [0.05, 0.1) is 4.92 Å². The summed E-state index contributed by atoms with van der Waals surface area (Å²) in [5, 5.41) is 20.3. The molecule has 1 aromatic rings. The summed E-state index contributed by atoms with van der Waals surface area (Å²) < 4.78 is 0. The maximum absolute atomic E-state index is 12.2. The van der Waals surface area contributed by atoms with Crippen LogP contribution >= 0.6 is 0 Å². The van der Waals surface area contributed by atoms with Crippen LogP contribution in [0.5, 0.6) is 0 Å². The zero-order chi connectivity index (χ0) is 15.8. The van der Waals surface area contributed by atoms with Crippen LogP contribution in [0.2, 0.25) is 0 Å². The quantitative estimate of drug-likeness (QED) is 0.470. The van der Waals surface area contributed by atoms with Crippen LogP contribution in [-0.4, -0.2) is 33.6 Å². The zero-order valence-corrected chi connectivity index (χ0v) is 12.5. The first kappa shape index (κ1) is 17.1. The summed E-state index contributed by atoms with van der Waals surface area (Å²) in [5.74, 6) is -0.549. The van der Waals surface area contributed by atoms with Crippen molar-refractivity contribution in [2.24, 2.45) is 5.73 Å². The van der Waals surface area contributed by atoms with Crippen molar-refractivity contribution in [3.63, 3.8) is 0 Å². The molecular formula is C13H23N5O3. The van der Waals surface area contributed by atoms with Gasteiger partial charge in [0, 0.05) is 12.6 Å². The molecule has 1 amide bonds. The van der Waals surface area contributed by atoms with E-state index in [4.69, 9.17) is 5.73 Å². The maximum Gasteiger partial charge on any atom is 0.322 e. The van der Waals surface area contributed by atoms with E-state index < -0.39 is 10.8 Å². The standard InChI is InChI=1S/C13H23N5O3/c1-3-5-7-9(8-14)15-13(19)11-12(18(20)21)10(6-4-2)16-17-11/h9H,3-8,14H2,1-2H3,(H,15,19)(H,16,17). The van der Waals surface area contributed by atoms with Gasteiger partial charge in [-0.05, 0) is 12.8 Å². The van der Waals surface area contributed by atoms with Crippen molar-refractivity contribution in [2.75, 3.05) is 6.54 Å². The Balaban J connectivity index is 2.88. The van der Waals surface area contributed by atoms with E-state index in [2.05, 4.69) is 15.5 Å². The molecule has 1 unspecified atom stereocenters. The Morgan fingerprint density at radius 2 is 2.19 bits per heavy atom. The maximum atomic E-state index is 12.2. The van der Waals surface area contributed by atoms with Crippen LogP contribution in [-0.2, 0) is 6.42 Å². The van der Waals surface area contributed by atoms with Crippen molar-refractivity contribution in [3.05, 3.63) is 21.5 Å². The predicted molar refractivity (Wildman–Crippen MR) is 79.1 cm³/mol. The Hall–Kier alpha value is -1.96. The molecule has 1 heterocycles. The lowest BCUT2D eigenvalue weighted by molar-refractivity contribution is -0.385. The summed E-state index contributed by atoms with van der Waals surface area (Å²) in [4.78, 5) is 22.8. The third kappa shape index (κ3) is 4.52. The van der Waals surface area contributed by atoms with E-state index in [1.807, 2.05) is 13.8 Å². The number of aryl methyl sites for hydroxylation is 1. The first-order valence-electron chi connectivity index (χ1n) is 7.27. The molecule has 1 aromatic heterocycles. The lowest BCUT2D eigenvalue weighted by atomic mass is 10.1. The van der Waals surface area contributed by atoms with Gasteiger partial charge in [-0.2, -0.15) is 5.10 Å². The molecule has 8 nitrogen and oxygen atoms in total. The van der Waals surface area contributed by atoms with Gasteiger partial charge in [-0.1, -0.05) is 33.1 Å². The number of aromatic amines is 1. The van der Waals surface area contributed by atoms with E-state index in [1.165, 1.54) is 0 Å². The van der Waals surface area contributed by atoms with Crippen LogP contribution in [0.25, 0.3) is 0 Å². The van der Waals surface area contributed by atoms with Crippen LogP contribution in [0.3, 0.4) is 0 Å². The van der Waals surface area contributed by atoms with Crippen LogP contribution < -0.4 is 11.1 Å². The second-order valence-electron chi connectivity index (χ2n) is 4.95. The van der Waals surface area contributed by atoms with E-state index in [-0.39, 0.29) is 17.4 Å². The molecule has 8 heteroatoms. The van der Waals surface area contributed by atoms with Crippen molar-refractivity contribution < 1.29 is 9.72 Å². The van der Waals surface area contributed by atoms with Crippen LogP contribution in [0.15, 0.2) is 0 Å². The number of nitrogens with one attached hydrogen (secondary N) is 2. The molecule has 4 N–H and O–H groups in total. The van der Waals surface area contributed by atoms with Gasteiger partial charge in [-0.15, -0.1) is 0 Å². The highest BCUT2D eigenvalue weighted by Crippen LogP contribution is 2.22. The normalized spacial score (nSPS) is 12.1. The Morgan fingerprint density at radius 1 is 1.48 bits per heavy atom. The molecule has 0 aromatic carbocycles. The average Bonchev–Trinajstić information content (AvgIpc) is 2.87. The molecule has 0 spiro atoms. The summed E-state index contributed by atoms with van der Waals surface area (Å²) in [6, 6.07) is -0.191. The van der Waals surface area contributed by atoms with Crippen molar-refractivity contribution >= 4 is 11.6 Å². The molecular weight excluding hydrogens is 274 g/mol. The van der Waals surface area contributed by atoms with Gasteiger partial charge >= 0.3 is 5.69 Å². The number of hydrogen-bond donors (Lipinski definition) is 3. The fourth-order valence-electron chi connectivity index (χ4n) is 2.10. The highest BCUT2D eigenvalue weighted by molar-refractivity contribution is 5.96. The first-order chi connectivity index (χ1) is 10.0. The van der Waals surface area contributed by atoms with E-state index in [9.17, 15) is 14.9 Å². The zero-order valence-electron chi connectivity index (χ0n) is 12.5. The molecule has 0 aliphatic carbocycles. The number of amides is 1. The molecule has 0 fully saturated rings. The van der Waals surface area contributed by atoms with Crippen molar-refractivity contribution in [3.8, 4) is 0 Å². The minimum Gasteiger partial charge on any atom is -0.346 e. The summed E-state index contributed by atoms with van der Waals surface area (Å²) in [6.45, 7) is 4.25. The lowest BCUT2D eigenvalue weighted by Gasteiger charge is -2.15. The van der Waals surface area contributed by atoms with Gasteiger partial charge in [0.1, 0.15) is 5.69 Å². The molecule has 0 saturated heterocycles. The number of nitrogens with zero attached hydrogens (tertiary/aromatic N) is 2. The molecule has 1 rings (SSSR count). The van der Waals surface area contributed by atoms with Gasteiger partial charge in [-0.25, -0.2) is 0 Å². The van der Waals surface area contributed by atoms with Crippen LogP contribution in [0.4, 0.5) is 5.69 Å². The summed E-state index contributed by atoms with van der Waals surface area (Å²) in [7, 11) is 0. The third-order valence-corrected chi connectivity index (χ3v) is 3.24. The number of carbonyl (C=O) groups excluding carboxylic acids is 1. The van der Waals surface area contributed by atoms with Crippen molar-refractivity contribution in [2.45, 2.75) is 52.0 Å². The largest absolute Gasteiger partial charge is 0.346 e. The van der Waals surface area contributed by atoms with Gasteiger partial charge in [-0.3, -0.25) is 20.0 Å². The number of rotatable bonds is 9. The highest BCUT2D eigenvalue weighted by atomic mass is 16.6. The Morgan fingerprint density at radius 3 is 2.71 bits per heavy atom. The van der Waals surface area contributed by atoms with Gasteiger partial charge < -0.3 is 11.1 Å².